The van der Waals surface area contributed by atoms with Crippen LogP contribution in [0.1, 0.15) is 41.7 Å². The highest BCUT2D eigenvalue weighted by Crippen LogP contribution is 2.28. The minimum atomic E-state index is -0.196. The second-order valence-electron chi connectivity index (χ2n) is 7.62. The highest BCUT2D eigenvalue weighted by molar-refractivity contribution is 5.92. The van der Waals surface area contributed by atoms with E-state index in [1.165, 1.54) is 23.6 Å². The fraction of sp³-hybridized carbons (Fsp3) is 0.476. The molecule has 1 N–H and O–H groups in total. The van der Waals surface area contributed by atoms with E-state index in [2.05, 4.69) is 10.4 Å². The van der Waals surface area contributed by atoms with E-state index in [1.54, 1.807) is 6.07 Å². The highest BCUT2D eigenvalue weighted by Gasteiger charge is 2.27. The number of hydrogen-bond donors (Lipinski definition) is 1. The average Bonchev–Trinajstić information content (AvgIpc) is 3.53. The molecule has 28 heavy (non-hydrogen) atoms. The first kappa shape index (κ1) is 20.6. The first-order chi connectivity index (χ1) is 13.2. The molecule has 0 bridgehead atoms. The van der Waals surface area contributed by atoms with E-state index < -0.39 is 0 Å². The Morgan fingerprint density at radius 2 is 1.75 bits per heavy atom. The number of carbonyl (C=O) groups is 1. The number of rotatable bonds is 6. The molecule has 1 aliphatic carbocycles. The van der Waals surface area contributed by atoms with Crippen molar-refractivity contribution in [1.82, 2.24) is 20.0 Å². The summed E-state index contributed by atoms with van der Waals surface area (Å²) in [6.07, 6.45) is 4.66. The maximum Gasteiger partial charge on any atom is 0.274 e. The molecule has 2 heterocycles. The number of carbonyl (C=O) groups excluding carboxylic acids is 1. The molecule has 6 nitrogen and oxygen atoms in total. The van der Waals surface area contributed by atoms with Gasteiger partial charge in [-0.25, -0.2) is 4.68 Å². The van der Waals surface area contributed by atoms with Crippen LogP contribution in [-0.2, 0) is 6.54 Å². The smallest absolute Gasteiger partial charge is 0.274 e. The van der Waals surface area contributed by atoms with Gasteiger partial charge in [0.15, 0.2) is 0 Å². The third-order valence-electron chi connectivity index (χ3n) is 5.44. The molecule has 1 saturated carbocycles. The number of aromatic nitrogens is 2. The zero-order chi connectivity index (χ0) is 18.6. The number of nitrogens with zero attached hydrogens (tertiary/aromatic N) is 3. The molecule has 0 spiro atoms. The molecular formula is C21H27ClN4O2. The fourth-order valence-corrected chi connectivity index (χ4v) is 3.54. The summed E-state index contributed by atoms with van der Waals surface area (Å²) in [4.78, 5) is 26.8. The number of benzene rings is 1. The van der Waals surface area contributed by atoms with Gasteiger partial charge in [0.2, 0.25) is 0 Å². The summed E-state index contributed by atoms with van der Waals surface area (Å²) in [6.45, 7) is 2.96. The van der Waals surface area contributed by atoms with Crippen LogP contribution in [0.4, 0.5) is 0 Å². The van der Waals surface area contributed by atoms with Crippen molar-refractivity contribution in [3.05, 3.63) is 64.1 Å². The zero-order valence-corrected chi connectivity index (χ0v) is 16.7. The summed E-state index contributed by atoms with van der Waals surface area (Å²) in [5, 5.41) is 7.95. The molecule has 150 valence electrons. The molecule has 1 saturated heterocycles. The Hall–Kier alpha value is -2.18. The van der Waals surface area contributed by atoms with Crippen molar-refractivity contribution in [3.63, 3.8) is 0 Å². The normalized spacial score (nSPS) is 17.2. The summed E-state index contributed by atoms with van der Waals surface area (Å²) in [7, 11) is 0. The van der Waals surface area contributed by atoms with Gasteiger partial charge in [0.05, 0.1) is 6.54 Å². The first-order valence-corrected chi connectivity index (χ1v) is 9.84. The number of likely N-dealkylation sites (tertiary alicyclic amines) is 1. The Morgan fingerprint density at radius 1 is 1.04 bits per heavy atom. The van der Waals surface area contributed by atoms with Gasteiger partial charge in [0, 0.05) is 25.2 Å². The van der Waals surface area contributed by atoms with Crippen LogP contribution in [0, 0.1) is 5.92 Å². The maximum absolute atomic E-state index is 12.8. The lowest BCUT2D eigenvalue weighted by molar-refractivity contribution is 0.0696. The molecule has 0 atom stereocenters. The topological polar surface area (TPSA) is 67.2 Å². The maximum atomic E-state index is 12.8. The van der Waals surface area contributed by atoms with Gasteiger partial charge in [0.1, 0.15) is 5.69 Å². The van der Waals surface area contributed by atoms with E-state index in [4.69, 9.17) is 0 Å². The summed E-state index contributed by atoms with van der Waals surface area (Å²) in [5.74, 6) is 0.789. The Morgan fingerprint density at radius 3 is 2.43 bits per heavy atom. The van der Waals surface area contributed by atoms with Gasteiger partial charge < -0.3 is 10.2 Å². The van der Waals surface area contributed by atoms with Crippen LogP contribution in [-0.4, -0.2) is 46.3 Å². The highest BCUT2D eigenvalue weighted by atomic mass is 35.5. The predicted octanol–water partition coefficient (Wildman–Crippen LogP) is 2.32. The monoisotopic (exact) mass is 402 g/mol. The van der Waals surface area contributed by atoms with Crippen molar-refractivity contribution in [2.75, 3.05) is 19.6 Å². The number of piperidine rings is 1. The summed E-state index contributed by atoms with van der Waals surface area (Å²) >= 11 is 0. The van der Waals surface area contributed by atoms with Crippen LogP contribution in [0.25, 0.3) is 0 Å². The number of amides is 1. The molecular weight excluding hydrogens is 376 g/mol. The average molecular weight is 403 g/mol. The summed E-state index contributed by atoms with van der Waals surface area (Å²) in [6, 6.07) is 13.2. The summed E-state index contributed by atoms with van der Waals surface area (Å²) < 4.78 is 1.37. The first-order valence-electron chi connectivity index (χ1n) is 9.84. The molecule has 1 amide bonds. The zero-order valence-electron chi connectivity index (χ0n) is 15.9. The van der Waals surface area contributed by atoms with Gasteiger partial charge in [-0.05, 0) is 49.8 Å². The largest absolute Gasteiger partial charge is 0.337 e. The van der Waals surface area contributed by atoms with Crippen molar-refractivity contribution >= 4 is 18.3 Å². The lowest BCUT2D eigenvalue weighted by Gasteiger charge is -2.32. The Bertz CT molecular complexity index is 843. The molecule has 0 unspecified atom stereocenters. The van der Waals surface area contributed by atoms with E-state index in [-0.39, 0.29) is 23.9 Å². The van der Waals surface area contributed by atoms with Crippen LogP contribution in [0.3, 0.4) is 0 Å². The van der Waals surface area contributed by atoms with Gasteiger partial charge in [-0.1, -0.05) is 30.3 Å². The predicted molar refractivity (Wildman–Crippen MR) is 111 cm³/mol. The van der Waals surface area contributed by atoms with Crippen molar-refractivity contribution in [1.29, 1.82) is 0 Å². The third kappa shape index (κ3) is 5.20. The second-order valence-corrected chi connectivity index (χ2v) is 7.62. The Kier molecular flexibility index (Phi) is 6.86. The minimum Gasteiger partial charge on any atom is -0.337 e. The molecule has 4 rings (SSSR count). The van der Waals surface area contributed by atoms with E-state index in [1.807, 2.05) is 35.2 Å². The quantitative estimate of drug-likeness (QED) is 0.805. The van der Waals surface area contributed by atoms with Gasteiger partial charge in [-0.15, -0.1) is 12.4 Å². The molecule has 1 aliphatic heterocycles. The van der Waals surface area contributed by atoms with Crippen molar-refractivity contribution < 1.29 is 4.79 Å². The summed E-state index contributed by atoms with van der Waals surface area (Å²) in [5.41, 5.74) is 1.13. The van der Waals surface area contributed by atoms with Gasteiger partial charge in [0.25, 0.3) is 11.5 Å². The molecule has 0 radical (unpaired) electrons. The van der Waals surface area contributed by atoms with E-state index >= 15 is 0 Å². The molecule has 1 aromatic carbocycles. The van der Waals surface area contributed by atoms with Crippen LogP contribution in [0.15, 0.2) is 47.3 Å². The van der Waals surface area contributed by atoms with Gasteiger partial charge in [-0.3, -0.25) is 9.59 Å². The number of hydrogen-bond acceptors (Lipinski definition) is 4. The molecule has 2 aliphatic rings. The van der Waals surface area contributed by atoms with Crippen LogP contribution >= 0.6 is 12.4 Å². The third-order valence-corrected chi connectivity index (χ3v) is 5.44. The number of halogens is 1. The van der Waals surface area contributed by atoms with E-state index in [0.29, 0.717) is 18.3 Å². The minimum absolute atomic E-state index is 0. The van der Waals surface area contributed by atoms with E-state index in [0.717, 1.165) is 44.0 Å². The Labute approximate surface area is 171 Å². The molecule has 7 heteroatoms. The van der Waals surface area contributed by atoms with Crippen molar-refractivity contribution in [2.24, 2.45) is 5.92 Å². The van der Waals surface area contributed by atoms with Crippen molar-refractivity contribution in [3.8, 4) is 0 Å². The number of nitrogens with one attached hydrogen (secondary N) is 1. The van der Waals surface area contributed by atoms with Crippen LogP contribution < -0.4 is 10.9 Å². The second kappa shape index (κ2) is 9.34. The lowest BCUT2D eigenvalue weighted by atomic mass is 10.0. The van der Waals surface area contributed by atoms with Gasteiger partial charge in [-0.2, -0.15) is 5.10 Å². The van der Waals surface area contributed by atoms with Crippen LogP contribution in [0.2, 0.25) is 0 Å². The molecule has 2 aromatic rings. The standard InChI is InChI=1S/C21H26N4O2.ClH/c26-20-9-8-19(23-25(20)15-17-4-2-1-3-5-17)21(27)24-12-10-18(11-13-24)22-14-16-6-7-16;/h1-5,8-9,16,18,22H,6-7,10-15H2;1H. The SMILES string of the molecule is Cl.O=C(c1ccc(=O)n(Cc2ccccc2)n1)N1CCC(NCC2CC2)CC1. The van der Waals surface area contributed by atoms with Crippen LogP contribution in [0.5, 0.6) is 0 Å². The van der Waals surface area contributed by atoms with Crippen molar-refractivity contribution in [2.45, 2.75) is 38.3 Å². The fourth-order valence-electron chi connectivity index (χ4n) is 3.54. The van der Waals surface area contributed by atoms with Gasteiger partial charge >= 0.3 is 0 Å². The molecule has 2 fully saturated rings. The molecule has 1 aromatic heterocycles. The lowest BCUT2D eigenvalue weighted by Crippen LogP contribution is -2.45. The van der Waals surface area contributed by atoms with E-state index in [9.17, 15) is 9.59 Å². The Balaban J connectivity index is 0.00000225.